The van der Waals surface area contributed by atoms with Gasteiger partial charge < -0.3 is 4.57 Å². The fourth-order valence-electron chi connectivity index (χ4n) is 2.74. The molecule has 0 aliphatic rings. The Labute approximate surface area is 162 Å². The zero-order valence-electron chi connectivity index (χ0n) is 14.2. The van der Waals surface area contributed by atoms with Gasteiger partial charge in [-0.1, -0.05) is 30.3 Å². The highest BCUT2D eigenvalue weighted by Crippen LogP contribution is 2.42. The lowest BCUT2D eigenvalue weighted by atomic mass is 10.3. The van der Waals surface area contributed by atoms with E-state index in [1.165, 1.54) is 24.3 Å². The molecule has 0 aromatic heterocycles. The molecule has 0 saturated carbocycles. The van der Waals surface area contributed by atoms with Crippen LogP contribution in [0, 0.1) is 0 Å². The number of hydrogen-bond acceptors (Lipinski definition) is 5. The summed E-state index contributed by atoms with van der Waals surface area (Å²) in [4.78, 5) is -0.671. The number of hydrogen-bond donors (Lipinski definition) is 2. The predicted octanol–water partition coefficient (Wildman–Crippen LogP) is 1.82. The van der Waals surface area contributed by atoms with E-state index >= 15 is 0 Å². The summed E-state index contributed by atoms with van der Waals surface area (Å²) in [7, 11) is -12.3. The summed E-state index contributed by atoms with van der Waals surface area (Å²) in [6.07, 6.45) is 0. The Morgan fingerprint density at radius 3 is 1.18 bits per heavy atom. The molecule has 0 aliphatic carbocycles. The maximum atomic E-state index is 14.1. The molecule has 0 unspecified atom stereocenters. The van der Waals surface area contributed by atoms with Crippen molar-refractivity contribution in [1.29, 1.82) is 0 Å². The van der Waals surface area contributed by atoms with Gasteiger partial charge in [0, 0.05) is 15.9 Å². The van der Waals surface area contributed by atoms with Crippen LogP contribution in [0.2, 0.25) is 0 Å². The van der Waals surface area contributed by atoms with E-state index < -0.39 is 27.4 Å². The van der Waals surface area contributed by atoms with Crippen molar-refractivity contribution in [2.24, 2.45) is 0 Å². The zero-order chi connectivity index (χ0) is 20.6. The Morgan fingerprint density at radius 2 is 0.857 bits per heavy atom. The monoisotopic (exact) mass is 438 g/mol. The highest BCUT2D eigenvalue weighted by molar-refractivity contribution is 7.86. The van der Waals surface area contributed by atoms with Crippen LogP contribution in [0.1, 0.15) is 0 Å². The average Bonchev–Trinajstić information content (AvgIpc) is 2.67. The topological polar surface area (TPSA) is 126 Å². The van der Waals surface area contributed by atoms with E-state index in [0.717, 1.165) is 24.3 Å². The van der Waals surface area contributed by atoms with Gasteiger partial charge in [0.05, 0.1) is 9.79 Å². The second-order valence-electron chi connectivity index (χ2n) is 5.88. The second kappa shape index (κ2) is 7.27. The smallest absolute Gasteiger partial charge is 0.294 e. The number of rotatable bonds is 5. The second-order valence-corrected chi connectivity index (χ2v) is 11.5. The molecule has 146 valence electrons. The first-order valence-electron chi connectivity index (χ1n) is 7.85. The zero-order valence-corrected chi connectivity index (χ0v) is 16.7. The summed E-state index contributed by atoms with van der Waals surface area (Å²) in [6.45, 7) is 0. The van der Waals surface area contributed by atoms with E-state index in [4.69, 9.17) is 9.11 Å². The summed E-state index contributed by atoms with van der Waals surface area (Å²) in [5.41, 5.74) is 0. The standard InChI is InChI=1S/C18H15O7PS2/c19-26(14-4-2-1-3-5-14,15-6-10-17(11-7-15)27(20,21)22)16-8-12-18(13-9-16)28(23,24)25/h1-13H,(H,20,21,22)(H,23,24,25). The quantitative estimate of drug-likeness (QED) is 0.460. The van der Waals surface area contributed by atoms with E-state index in [1.807, 2.05) is 0 Å². The van der Waals surface area contributed by atoms with Crippen molar-refractivity contribution in [3.05, 3.63) is 78.9 Å². The predicted molar refractivity (Wildman–Crippen MR) is 105 cm³/mol. The molecule has 0 saturated heterocycles. The summed E-state index contributed by atoms with van der Waals surface area (Å²) in [5.74, 6) is 0. The van der Waals surface area contributed by atoms with E-state index in [0.29, 0.717) is 15.9 Å². The molecule has 10 heteroatoms. The highest BCUT2D eigenvalue weighted by Gasteiger charge is 2.30. The molecule has 3 aromatic rings. The van der Waals surface area contributed by atoms with Gasteiger partial charge in [-0.2, -0.15) is 16.8 Å². The molecule has 0 fully saturated rings. The maximum absolute atomic E-state index is 14.1. The Hall–Kier alpha value is -2.29. The first kappa shape index (κ1) is 20.4. The van der Waals surface area contributed by atoms with Crippen molar-refractivity contribution in [3.63, 3.8) is 0 Å². The minimum atomic E-state index is -4.40. The lowest BCUT2D eigenvalue weighted by Crippen LogP contribution is -2.25. The largest absolute Gasteiger partial charge is 0.309 e. The first-order chi connectivity index (χ1) is 13.0. The minimum absolute atomic E-state index is 0.297. The average molecular weight is 438 g/mol. The molecular weight excluding hydrogens is 423 g/mol. The van der Waals surface area contributed by atoms with Crippen LogP contribution < -0.4 is 15.9 Å². The molecule has 0 amide bonds. The summed E-state index contributed by atoms with van der Waals surface area (Å²) >= 11 is 0. The molecule has 2 N–H and O–H groups in total. The van der Waals surface area contributed by atoms with Crippen LogP contribution >= 0.6 is 7.14 Å². The van der Waals surface area contributed by atoms with Crippen LogP contribution in [0.15, 0.2) is 88.7 Å². The van der Waals surface area contributed by atoms with Gasteiger partial charge in [-0.05, 0) is 48.5 Å². The molecule has 28 heavy (non-hydrogen) atoms. The lowest BCUT2D eigenvalue weighted by Gasteiger charge is -2.20. The van der Waals surface area contributed by atoms with Crippen LogP contribution in [0.25, 0.3) is 0 Å². The lowest BCUT2D eigenvalue weighted by molar-refractivity contribution is 0.481. The van der Waals surface area contributed by atoms with Crippen molar-refractivity contribution in [1.82, 2.24) is 0 Å². The van der Waals surface area contributed by atoms with Crippen molar-refractivity contribution >= 4 is 43.3 Å². The minimum Gasteiger partial charge on any atom is -0.309 e. The molecule has 0 spiro atoms. The first-order valence-corrected chi connectivity index (χ1v) is 12.4. The molecule has 0 aliphatic heterocycles. The molecule has 3 aromatic carbocycles. The summed E-state index contributed by atoms with van der Waals surface area (Å²) in [5, 5.41) is 1.05. The molecule has 3 rings (SSSR count). The van der Waals surface area contributed by atoms with Gasteiger partial charge in [-0.25, -0.2) is 0 Å². The van der Waals surface area contributed by atoms with E-state index in [9.17, 15) is 21.4 Å². The fraction of sp³-hybridized carbons (Fsp3) is 0. The van der Waals surface area contributed by atoms with Gasteiger partial charge in [0.15, 0.2) is 7.14 Å². The Bertz CT molecular complexity index is 1170. The normalized spacial score (nSPS) is 12.6. The van der Waals surface area contributed by atoms with Crippen LogP contribution in [0.5, 0.6) is 0 Å². The van der Waals surface area contributed by atoms with Crippen LogP contribution in [-0.2, 0) is 24.8 Å². The maximum Gasteiger partial charge on any atom is 0.294 e. The summed E-state index contributed by atoms with van der Waals surface area (Å²) < 4.78 is 77.5. The molecule has 0 bridgehead atoms. The van der Waals surface area contributed by atoms with Crippen molar-refractivity contribution in [3.8, 4) is 0 Å². The molecule has 7 nitrogen and oxygen atoms in total. The molecule has 0 atom stereocenters. The van der Waals surface area contributed by atoms with Crippen molar-refractivity contribution in [2.45, 2.75) is 9.79 Å². The van der Waals surface area contributed by atoms with Gasteiger partial charge in [0.25, 0.3) is 20.2 Å². The van der Waals surface area contributed by atoms with Gasteiger partial charge in [-0.15, -0.1) is 0 Å². The van der Waals surface area contributed by atoms with E-state index in [2.05, 4.69) is 0 Å². The Balaban J connectivity index is 2.21. The van der Waals surface area contributed by atoms with Gasteiger partial charge in [0.2, 0.25) is 0 Å². The number of benzene rings is 3. The van der Waals surface area contributed by atoms with Gasteiger partial charge >= 0.3 is 0 Å². The van der Waals surface area contributed by atoms with Crippen LogP contribution in [0.3, 0.4) is 0 Å². The van der Waals surface area contributed by atoms with Crippen molar-refractivity contribution in [2.75, 3.05) is 0 Å². The van der Waals surface area contributed by atoms with E-state index in [1.54, 1.807) is 30.3 Å². The van der Waals surface area contributed by atoms with Crippen molar-refractivity contribution < 1.29 is 30.5 Å². The van der Waals surface area contributed by atoms with Gasteiger partial charge in [-0.3, -0.25) is 9.11 Å². The van der Waals surface area contributed by atoms with E-state index in [-0.39, 0.29) is 9.79 Å². The molecule has 0 radical (unpaired) electrons. The molecular formula is C18H15O7PS2. The third-order valence-corrected chi connectivity index (χ3v) is 8.93. The third-order valence-electron chi connectivity index (χ3n) is 4.12. The Kier molecular flexibility index (Phi) is 5.31. The molecule has 0 heterocycles. The third kappa shape index (κ3) is 3.94. The fourth-order valence-corrected chi connectivity index (χ4v) is 6.33. The Morgan fingerprint density at radius 1 is 0.536 bits per heavy atom. The SMILES string of the molecule is O=P(c1ccccc1)(c1ccc(S(=O)(=O)O)cc1)c1ccc(S(=O)(=O)O)cc1. The van der Waals surface area contributed by atoms with Crippen LogP contribution in [-0.4, -0.2) is 25.9 Å². The van der Waals surface area contributed by atoms with Gasteiger partial charge in [0.1, 0.15) is 0 Å². The highest BCUT2D eigenvalue weighted by atomic mass is 32.2. The summed E-state index contributed by atoms with van der Waals surface area (Å²) in [6, 6.07) is 18.4. The van der Waals surface area contributed by atoms with Crippen LogP contribution in [0.4, 0.5) is 0 Å².